The molecule has 0 amide bonds. The molecule has 0 spiro atoms. The molecule has 3 atom stereocenters. The zero-order valence-corrected chi connectivity index (χ0v) is 16.2. The van der Waals surface area contributed by atoms with Gasteiger partial charge in [-0.3, -0.25) is 5.10 Å². The van der Waals surface area contributed by atoms with E-state index >= 15 is 0 Å². The lowest BCUT2D eigenvalue weighted by Gasteiger charge is -2.22. The van der Waals surface area contributed by atoms with Crippen LogP contribution in [0.3, 0.4) is 0 Å². The molecule has 1 fully saturated rings. The Morgan fingerprint density at radius 1 is 1.17 bits per heavy atom. The SMILES string of the molecule is CNC1CCC[C@@H](F)[C@@H](Oc2ccc(-c3ccc(-c4cn[nH]c4)cc3O)nn2)C1. The van der Waals surface area contributed by atoms with Gasteiger partial charge in [-0.25, -0.2) is 4.39 Å². The quantitative estimate of drug-likeness (QED) is 0.571. The van der Waals surface area contributed by atoms with Crippen LogP contribution < -0.4 is 10.1 Å². The highest BCUT2D eigenvalue weighted by Gasteiger charge is 2.29. The normalized spacial score (nSPS) is 22.2. The molecule has 29 heavy (non-hydrogen) atoms. The number of nitrogens with one attached hydrogen (secondary N) is 2. The third kappa shape index (κ3) is 4.37. The van der Waals surface area contributed by atoms with Crippen molar-refractivity contribution in [3.8, 4) is 34.0 Å². The van der Waals surface area contributed by atoms with Crippen molar-refractivity contribution in [1.29, 1.82) is 0 Å². The summed E-state index contributed by atoms with van der Waals surface area (Å²) in [5, 5.41) is 28.5. The second-order valence-electron chi connectivity index (χ2n) is 7.30. The first-order valence-corrected chi connectivity index (χ1v) is 9.78. The van der Waals surface area contributed by atoms with Crippen molar-refractivity contribution in [2.24, 2.45) is 0 Å². The summed E-state index contributed by atoms with van der Waals surface area (Å²) in [5.41, 5.74) is 2.80. The third-order valence-corrected chi connectivity index (χ3v) is 5.38. The van der Waals surface area contributed by atoms with Gasteiger partial charge in [0.2, 0.25) is 5.88 Å². The maximum atomic E-state index is 14.4. The average Bonchev–Trinajstić information content (AvgIpc) is 3.21. The Hall–Kier alpha value is -3.00. The maximum Gasteiger partial charge on any atom is 0.233 e. The van der Waals surface area contributed by atoms with Crippen LogP contribution in [0.15, 0.2) is 42.7 Å². The van der Waals surface area contributed by atoms with E-state index in [9.17, 15) is 9.50 Å². The van der Waals surface area contributed by atoms with E-state index in [0.29, 0.717) is 24.1 Å². The number of halogens is 1. The Morgan fingerprint density at radius 3 is 2.76 bits per heavy atom. The van der Waals surface area contributed by atoms with Gasteiger partial charge in [0.25, 0.3) is 0 Å². The number of nitrogens with zero attached hydrogens (tertiary/aromatic N) is 3. The van der Waals surface area contributed by atoms with Gasteiger partial charge in [-0.15, -0.1) is 10.2 Å². The largest absolute Gasteiger partial charge is 0.507 e. The van der Waals surface area contributed by atoms with Crippen LogP contribution in [0.4, 0.5) is 4.39 Å². The molecule has 1 aliphatic rings. The molecule has 152 valence electrons. The molecule has 0 bridgehead atoms. The molecule has 1 aliphatic carbocycles. The standard InChI is InChI=1S/C21H24FN5O2/c1-23-15-3-2-4-17(22)20(10-15)29-21-8-7-18(26-27-21)16-6-5-13(9-19(16)28)14-11-24-25-12-14/h5-9,11-12,15,17,20,23,28H,2-4,10H2,1H3,(H,24,25)/t15?,17-,20+/m1/s1. The van der Waals surface area contributed by atoms with E-state index in [2.05, 4.69) is 25.7 Å². The second-order valence-corrected chi connectivity index (χ2v) is 7.30. The van der Waals surface area contributed by atoms with Gasteiger partial charge in [-0.2, -0.15) is 5.10 Å². The number of rotatable bonds is 5. The van der Waals surface area contributed by atoms with Gasteiger partial charge in [0.05, 0.1) is 11.9 Å². The molecule has 3 aromatic rings. The Balaban J connectivity index is 1.49. The lowest BCUT2D eigenvalue weighted by molar-refractivity contribution is 0.0837. The van der Waals surface area contributed by atoms with Gasteiger partial charge in [-0.05, 0) is 50.1 Å². The zero-order chi connectivity index (χ0) is 20.2. The molecule has 0 radical (unpaired) electrons. The third-order valence-electron chi connectivity index (χ3n) is 5.38. The molecule has 8 heteroatoms. The molecule has 0 aliphatic heterocycles. The number of hydrogen-bond acceptors (Lipinski definition) is 6. The van der Waals surface area contributed by atoms with Crippen LogP contribution in [0.25, 0.3) is 22.4 Å². The molecule has 3 N–H and O–H groups in total. The maximum absolute atomic E-state index is 14.4. The number of aromatic amines is 1. The summed E-state index contributed by atoms with van der Waals surface area (Å²) in [5.74, 6) is 0.379. The van der Waals surface area contributed by atoms with E-state index < -0.39 is 12.3 Å². The molecule has 1 saturated carbocycles. The van der Waals surface area contributed by atoms with Crippen LogP contribution in [0.5, 0.6) is 11.6 Å². The predicted octanol–water partition coefficient (Wildman–Crippen LogP) is 3.49. The minimum atomic E-state index is -1.02. The van der Waals surface area contributed by atoms with Crippen LogP contribution in [-0.4, -0.2) is 50.9 Å². The van der Waals surface area contributed by atoms with Crippen molar-refractivity contribution in [2.75, 3.05) is 7.05 Å². The highest BCUT2D eigenvalue weighted by Crippen LogP contribution is 2.32. The van der Waals surface area contributed by atoms with Crippen molar-refractivity contribution in [2.45, 2.75) is 44.0 Å². The summed E-state index contributed by atoms with van der Waals surface area (Å²) in [7, 11) is 1.89. The summed E-state index contributed by atoms with van der Waals surface area (Å²) in [6.45, 7) is 0. The van der Waals surface area contributed by atoms with E-state index in [0.717, 1.165) is 24.0 Å². The summed E-state index contributed by atoms with van der Waals surface area (Å²) in [6.07, 6.45) is 4.74. The van der Waals surface area contributed by atoms with Gasteiger partial charge in [-0.1, -0.05) is 6.07 Å². The summed E-state index contributed by atoms with van der Waals surface area (Å²) in [6, 6.07) is 8.93. The van der Waals surface area contributed by atoms with E-state index in [1.54, 1.807) is 36.7 Å². The second kappa shape index (κ2) is 8.57. The van der Waals surface area contributed by atoms with Gasteiger partial charge in [0.1, 0.15) is 18.0 Å². The van der Waals surface area contributed by atoms with Crippen molar-refractivity contribution >= 4 is 0 Å². The highest BCUT2D eigenvalue weighted by atomic mass is 19.1. The number of aromatic hydroxyl groups is 1. The van der Waals surface area contributed by atoms with E-state index in [1.165, 1.54) is 0 Å². The van der Waals surface area contributed by atoms with Gasteiger partial charge >= 0.3 is 0 Å². The number of hydrogen-bond donors (Lipinski definition) is 3. The monoisotopic (exact) mass is 397 g/mol. The van der Waals surface area contributed by atoms with Crippen LogP contribution in [0.1, 0.15) is 25.7 Å². The van der Waals surface area contributed by atoms with Gasteiger partial charge in [0, 0.05) is 35.9 Å². The summed E-state index contributed by atoms with van der Waals surface area (Å²) >= 11 is 0. The zero-order valence-electron chi connectivity index (χ0n) is 16.2. The van der Waals surface area contributed by atoms with Crippen LogP contribution in [0.2, 0.25) is 0 Å². The van der Waals surface area contributed by atoms with Crippen molar-refractivity contribution in [1.82, 2.24) is 25.7 Å². The highest BCUT2D eigenvalue weighted by molar-refractivity contribution is 5.73. The fraction of sp³-hybridized carbons (Fsp3) is 0.381. The first kappa shape index (κ1) is 19.3. The summed E-state index contributed by atoms with van der Waals surface area (Å²) in [4.78, 5) is 0. The van der Waals surface area contributed by atoms with E-state index in [4.69, 9.17) is 4.74 Å². The Bertz CT molecular complexity index is 933. The molecule has 2 heterocycles. The number of H-pyrrole nitrogens is 1. The lowest BCUT2D eigenvalue weighted by Crippen LogP contribution is -2.35. The van der Waals surface area contributed by atoms with Crippen LogP contribution in [0, 0.1) is 0 Å². The van der Waals surface area contributed by atoms with Crippen molar-refractivity contribution in [3.05, 3.63) is 42.7 Å². The van der Waals surface area contributed by atoms with Crippen LogP contribution in [-0.2, 0) is 0 Å². The number of ether oxygens (including phenoxy) is 1. The van der Waals surface area contributed by atoms with Gasteiger partial charge < -0.3 is 15.2 Å². The smallest absolute Gasteiger partial charge is 0.233 e. The van der Waals surface area contributed by atoms with Gasteiger partial charge in [0.15, 0.2) is 0 Å². The van der Waals surface area contributed by atoms with Crippen molar-refractivity contribution in [3.63, 3.8) is 0 Å². The Labute approximate surface area is 168 Å². The predicted molar refractivity (Wildman–Crippen MR) is 107 cm³/mol. The lowest BCUT2D eigenvalue weighted by atomic mass is 10.0. The molecular weight excluding hydrogens is 373 g/mol. The molecule has 2 aromatic heterocycles. The number of benzene rings is 1. The van der Waals surface area contributed by atoms with Crippen LogP contribution >= 0.6 is 0 Å². The fourth-order valence-electron chi connectivity index (χ4n) is 3.69. The summed E-state index contributed by atoms with van der Waals surface area (Å²) < 4.78 is 20.2. The molecule has 7 nitrogen and oxygen atoms in total. The Morgan fingerprint density at radius 2 is 2.07 bits per heavy atom. The molecule has 1 aromatic carbocycles. The number of phenols is 1. The average molecular weight is 397 g/mol. The minimum Gasteiger partial charge on any atom is -0.507 e. The van der Waals surface area contributed by atoms with E-state index in [1.807, 2.05) is 13.1 Å². The first-order chi connectivity index (χ1) is 14.1. The number of phenolic OH excluding ortho intramolecular Hbond substituents is 1. The molecule has 1 unspecified atom stereocenters. The first-order valence-electron chi connectivity index (χ1n) is 9.78. The molecular formula is C21H24FN5O2. The number of alkyl halides is 1. The van der Waals surface area contributed by atoms with Crippen molar-refractivity contribution < 1.29 is 14.2 Å². The topological polar surface area (TPSA) is 96.0 Å². The fourth-order valence-corrected chi connectivity index (χ4v) is 3.69. The molecule has 0 saturated heterocycles. The molecule has 4 rings (SSSR count). The minimum absolute atomic E-state index is 0.0936. The number of aromatic nitrogens is 4. The van der Waals surface area contributed by atoms with E-state index in [-0.39, 0.29) is 17.7 Å². The Kier molecular flexibility index (Phi) is 5.71.